The Morgan fingerprint density at radius 3 is 2.73 bits per heavy atom. The molecule has 0 spiro atoms. The highest BCUT2D eigenvalue weighted by molar-refractivity contribution is 8.00. The number of rotatable bonds is 3. The van der Waals surface area contributed by atoms with Gasteiger partial charge >= 0.3 is 0 Å². The average molecular weight is 235 g/mol. The molecular formula is C10H9N3S2. The average Bonchev–Trinajstić information content (AvgIpc) is 2.76. The summed E-state index contributed by atoms with van der Waals surface area (Å²) in [7, 11) is 0. The number of benzene rings is 1. The van der Waals surface area contributed by atoms with Crippen molar-refractivity contribution in [3.8, 4) is 0 Å². The minimum atomic E-state index is 0.697. The van der Waals surface area contributed by atoms with Gasteiger partial charge in [0.25, 0.3) is 0 Å². The fourth-order valence-corrected chi connectivity index (χ4v) is 2.11. The zero-order valence-corrected chi connectivity index (χ0v) is 9.76. The summed E-state index contributed by atoms with van der Waals surface area (Å²) >= 11 is 3.08. The first-order valence-corrected chi connectivity index (χ1v) is 6.39. The molecule has 76 valence electrons. The molecule has 3 nitrogen and oxygen atoms in total. The van der Waals surface area contributed by atoms with Crippen molar-refractivity contribution in [2.24, 2.45) is 4.99 Å². The number of nitrogens with zero attached hydrogens (tertiary/aromatic N) is 3. The van der Waals surface area contributed by atoms with Crippen LogP contribution in [-0.4, -0.2) is 22.7 Å². The molecule has 5 heteroatoms. The zero-order valence-electron chi connectivity index (χ0n) is 8.12. The van der Waals surface area contributed by atoms with Crippen molar-refractivity contribution in [1.29, 1.82) is 0 Å². The van der Waals surface area contributed by atoms with Gasteiger partial charge in [0.15, 0.2) is 4.34 Å². The van der Waals surface area contributed by atoms with E-state index in [-0.39, 0.29) is 0 Å². The van der Waals surface area contributed by atoms with Crippen molar-refractivity contribution in [1.82, 2.24) is 10.2 Å². The smallest absolute Gasteiger partial charge is 0.226 e. The van der Waals surface area contributed by atoms with Crippen molar-refractivity contribution < 1.29 is 0 Å². The third-order valence-corrected chi connectivity index (χ3v) is 3.50. The van der Waals surface area contributed by atoms with Gasteiger partial charge in [-0.2, -0.15) is 0 Å². The maximum absolute atomic E-state index is 4.25. The second-order valence-electron chi connectivity index (χ2n) is 2.72. The van der Waals surface area contributed by atoms with E-state index in [1.807, 2.05) is 36.6 Å². The Hall–Kier alpha value is -1.20. The van der Waals surface area contributed by atoms with Crippen molar-refractivity contribution in [2.45, 2.75) is 4.34 Å². The Labute approximate surface area is 96.3 Å². The predicted octanol–water partition coefficient (Wildman–Crippen LogP) is 3.01. The van der Waals surface area contributed by atoms with Gasteiger partial charge in [0.1, 0.15) is 0 Å². The molecule has 0 fully saturated rings. The van der Waals surface area contributed by atoms with Crippen LogP contribution in [-0.2, 0) is 0 Å². The summed E-state index contributed by atoms with van der Waals surface area (Å²) < 4.78 is 0.940. The topological polar surface area (TPSA) is 38.1 Å². The minimum Gasteiger partial charge on any atom is -0.226 e. The molecular weight excluding hydrogens is 226 g/mol. The maximum Gasteiger partial charge on any atom is 0.232 e. The van der Waals surface area contributed by atoms with E-state index in [2.05, 4.69) is 15.2 Å². The second-order valence-corrected chi connectivity index (χ2v) is 4.73. The Bertz CT molecular complexity index is 451. The van der Waals surface area contributed by atoms with Crippen molar-refractivity contribution in [3.63, 3.8) is 0 Å². The normalized spacial score (nSPS) is 11.0. The number of aliphatic imine (C=N–C) groups is 1. The molecule has 0 bridgehead atoms. The zero-order chi connectivity index (χ0) is 10.5. The standard InChI is InChI=1S/C10H9N3S2/c1-14-10-13-12-9(15-10)11-7-8-5-3-2-4-6-8/h2-7H,1H3. The lowest BCUT2D eigenvalue weighted by Crippen LogP contribution is -1.77. The molecule has 1 aromatic carbocycles. The summed E-state index contributed by atoms with van der Waals surface area (Å²) in [5.74, 6) is 0. The highest BCUT2D eigenvalue weighted by Crippen LogP contribution is 2.24. The number of hydrogen-bond donors (Lipinski definition) is 0. The van der Waals surface area contributed by atoms with Crippen LogP contribution in [0.25, 0.3) is 0 Å². The lowest BCUT2D eigenvalue weighted by atomic mass is 10.2. The molecule has 0 atom stereocenters. The van der Waals surface area contributed by atoms with E-state index in [4.69, 9.17) is 0 Å². The Morgan fingerprint density at radius 1 is 1.27 bits per heavy atom. The van der Waals surface area contributed by atoms with Crippen molar-refractivity contribution >= 4 is 34.4 Å². The number of thioether (sulfide) groups is 1. The fourth-order valence-electron chi connectivity index (χ4n) is 1.01. The second kappa shape index (κ2) is 5.04. The van der Waals surface area contributed by atoms with Crippen LogP contribution in [0.5, 0.6) is 0 Å². The van der Waals surface area contributed by atoms with Gasteiger partial charge < -0.3 is 0 Å². The van der Waals surface area contributed by atoms with Gasteiger partial charge in [-0.15, -0.1) is 10.2 Å². The lowest BCUT2D eigenvalue weighted by Gasteiger charge is -1.88. The van der Waals surface area contributed by atoms with E-state index < -0.39 is 0 Å². The van der Waals surface area contributed by atoms with Gasteiger partial charge in [0, 0.05) is 6.21 Å². The molecule has 0 aliphatic carbocycles. The third kappa shape index (κ3) is 2.87. The predicted molar refractivity (Wildman–Crippen MR) is 65.4 cm³/mol. The molecule has 15 heavy (non-hydrogen) atoms. The minimum absolute atomic E-state index is 0.697. The molecule has 2 rings (SSSR count). The van der Waals surface area contributed by atoms with Crippen LogP contribution in [0.4, 0.5) is 5.13 Å². The van der Waals surface area contributed by atoms with Crippen molar-refractivity contribution in [2.75, 3.05) is 6.26 Å². The molecule has 1 heterocycles. The molecule has 0 aliphatic rings. The molecule has 0 aliphatic heterocycles. The summed E-state index contributed by atoms with van der Waals surface area (Å²) in [5, 5.41) is 8.61. The van der Waals surface area contributed by atoms with Crippen LogP contribution >= 0.6 is 23.1 Å². The van der Waals surface area contributed by atoms with Gasteiger partial charge in [-0.25, -0.2) is 4.99 Å². The van der Waals surface area contributed by atoms with E-state index in [0.29, 0.717) is 5.13 Å². The van der Waals surface area contributed by atoms with E-state index in [9.17, 15) is 0 Å². The highest BCUT2D eigenvalue weighted by Gasteiger charge is 1.99. The lowest BCUT2D eigenvalue weighted by molar-refractivity contribution is 1.01. The molecule has 2 aromatic rings. The van der Waals surface area contributed by atoms with E-state index in [1.54, 1.807) is 18.0 Å². The van der Waals surface area contributed by atoms with Gasteiger partial charge in [0.05, 0.1) is 0 Å². The Morgan fingerprint density at radius 2 is 2.07 bits per heavy atom. The molecule has 0 saturated carbocycles. The molecule has 0 unspecified atom stereocenters. The van der Waals surface area contributed by atoms with Crippen molar-refractivity contribution in [3.05, 3.63) is 35.9 Å². The first kappa shape index (κ1) is 10.3. The summed E-state index contributed by atoms with van der Waals surface area (Å²) in [5.41, 5.74) is 1.07. The van der Waals surface area contributed by atoms with Gasteiger partial charge in [-0.1, -0.05) is 53.4 Å². The molecule has 0 amide bonds. The van der Waals surface area contributed by atoms with Crippen LogP contribution in [0.1, 0.15) is 5.56 Å². The maximum atomic E-state index is 4.25. The Balaban J connectivity index is 2.11. The summed E-state index contributed by atoms with van der Waals surface area (Å²) in [4.78, 5) is 4.25. The SMILES string of the molecule is CSc1nnc(N=Cc2ccccc2)s1. The summed E-state index contributed by atoms with van der Waals surface area (Å²) in [6.45, 7) is 0. The van der Waals surface area contributed by atoms with Gasteiger partial charge in [0.2, 0.25) is 5.13 Å². The van der Waals surface area contributed by atoms with Crippen LogP contribution in [0.15, 0.2) is 39.7 Å². The van der Waals surface area contributed by atoms with E-state index in [0.717, 1.165) is 9.90 Å². The number of aromatic nitrogens is 2. The molecule has 1 aromatic heterocycles. The van der Waals surface area contributed by atoms with E-state index in [1.165, 1.54) is 11.3 Å². The van der Waals surface area contributed by atoms with Gasteiger partial charge in [-0.05, 0) is 11.8 Å². The quantitative estimate of drug-likeness (QED) is 0.606. The van der Waals surface area contributed by atoms with Crippen LogP contribution in [0.2, 0.25) is 0 Å². The Kier molecular flexibility index (Phi) is 3.47. The van der Waals surface area contributed by atoms with E-state index >= 15 is 0 Å². The molecule has 0 radical (unpaired) electrons. The number of hydrogen-bond acceptors (Lipinski definition) is 5. The first-order valence-electron chi connectivity index (χ1n) is 4.35. The van der Waals surface area contributed by atoms with Crippen LogP contribution < -0.4 is 0 Å². The first-order chi connectivity index (χ1) is 7.38. The van der Waals surface area contributed by atoms with Gasteiger partial charge in [-0.3, -0.25) is 0 Å². The molecule has 0 N–H and O–H groups in total. The largest absolute Gasteiger partial charge is 0.232 e. The monoisotopic (exact) mass is 235 g/mol. The van der Waals surface area contributed by atoms with Crippen LogP contribution in [0.3, 0.4) is 0 Å². The third-order valence-electron chi connectivity index (χ3n) is 1.69. The molecule has 0 saturated heterocycles. The fraction of sp³-hybridized carbons (Fsp3) is 0.100. The highest BCUT2D eigenvalue weighted by atomic mass is 32.2. The van der Waals surface area contributed by atoms with Crippen LogP contribution in [0, 0.1) is 0 Å². The summed E-state index contributed by atoms with van der Waals surface area (Å²) in [6.07, 6.45) is 3.77. The summed E-state index contributed by atoms with van der Waals surface area (Å²) in [6, 6.07) is 9.94.